The average Bonchev–Trinajstić information content (AvgIpc) is 2.63. The molecule has 2 aromatic carbocycles. The van der Waals surface area contributed by atoms with Crippen LogP contribution >= 0.6 is 23.4 Å². The van der Waals surface area contributed by atoms with Gasteiger partial charge in [-0.2, -0.15) is 11.8 Å². The Balaban J connectivity index is 1.90. The van der Waals surface area contributed by atoms with Crippen LogP contribution in [0, 0.1) is 5.82 Å². The van der Waals surface area contributed by atoms with Crippen molar-refractivity contribution in [2.24, 2.45) is 0 Å². The van der Waals surface area contributed by atoms with Crippen LogP contribution in [0.1, 0.15) is 12.5 Å². The molecule has 0 aromatic heterocycles. The number of hydrogen-bond donors (Lipinski definition) is 1. The van der Waals surface area contributed by atoms with E-state index in [2.05, 4.69) is 5.32 Å². The monoisotopic (exact) mass is 444 g/mol. The van der Waals surface area contributed by atoms with Crippen LogP contribution in [0.5, 0.6) is 0 Å². The number of rotatable bonds is 9. The summed E-state index contributed by atoms with van der Waals surface area (Å²) in [5.74, 6) is 0.466. The van der Waals surface area contributed by atoms with Crippen LogP contribution in [0.3, 0.4) is 0 Å². The third-order valence-electron chi connectivity index (χ3n) is 3.93. The number of anilines is 1. The lowest BCUT2D eigenvalue weighted by atomic mass is 10.2. The number of sulfonamides is 1. The Morgan fingerprint density at radius 2 is 1.86 bits per heavy atom. The SMILES string of the molecule is C[C@@H](C(=O)NCCSCc1ccccc1Cl)N(c1ccc(F)cc1)S(C)(=O)=O. The minimum absolute atomic E-state index is 0.236. The van der Waals surface area contributed by atoms with Gasteiger partial charge < -0.3 is 5.32 Å². The summed E-state index contributed by atoms with van der Waals surface area (Å²) in [5.41, 5.74) is 1.26. The van der Waals surface area contributed by atoms with E-state index in [1.165, 1.54) is 19.1 Å². The number of benzene rings is 2. The molecule has 0 heterocycles. The normalized spacial score (nSPS) is 12.4. The van der Waals surface area contributed by atoms with Gasteiger partial charge in [-0.05, 0) is 42.8 Å². The lowest BCUT2D eigenvalue weighted by Gasteiger charge is -2.28. The summed E-state index contributed by atoms with van der Waals surface area (Å²) in [7, 11) is -3.72. The van der Waals surface area contributed by atoms with Crippen molar-refractivity contribution >= 4 is 45.0 Å². The first-order chi connectivity index (χ1) is 13.2. The average molecular weight is 445 g/mol. The first-order valence-corrected chi connectivity index (χ1v) is 11.9. The molecule has 9 heteroatoms. The minimum Gasteiger partial charge on any atom is -0.353 e. The van der Waals surface area contributed by atoms with Crippen molar-refractivity contribution in [1.29, 1.82) is 0 Å². The molecule has 0 aliphatic heterocycles. The van der Waals surface area contributed by atoms with Gasteiger partial charge in [0.25, 0.3) is 0 Å². The standard InChI is InChI=1S/C19H22ClFN2O3S2/c1-14(23(28(2,25)26)17-9-7-16(21)8-10-17)19(24)22-11-12-27-13-15-5-3-4-6-18(15)20/h3-10,14H,11-13H2,1-2H3,(H,22,24)/t14-/m0/s1. The largest absolute Gasteiger partial charge is 0.353 e. The first-order valence-electron chi connectivity index (χ1n) is 8.54. The van der Waals surface area contributed by atoms with Gasteiger partial charge >= 0.3 is 0 Å². The molecule has 0 unspecified atom stereocenters. The van der Waals surface area contributed by atoms with Gasteiger partial charge in [-0.15, -0.1) is 0 Å². The van der Waals surface area contributed by atoms with Gasteiger partial charge in [0.05, 0.1) is 11.9 Å². The lowest BCUT2D eigenvalue weighted by molar-refractivity contribution is -0.121. The molecule has 5 nitrogen and oxygen atoms in total. The maximum absolute atomic E-state index is 13.1. The van der Waals surface area contributed by atoms with Crippen molar-refractivity contribution in [3.63, 3.8) is 0 Å². The van der Waals surface area contributed by atoms with E-state index < -0.39 is 27.8 Å². The second-order valence-corrected chi connectivity index (χ2v) is 9.52. The van der Waals surface area contributed by atoms with Crippen molar-refractivity contribution in [3.05, 3.63) is 64.9 Å². The third kappa shape index (κ3) is 6.39. The molecule has 0 aliphatic rings. The molecule has 2 rings (SSSR count). The predicted molar refractivity (Wildman–Crippen MR) is 114 cm³/mol. The molecule has 0 aliphatic carbocycles. The van der Waals surface area contributed by atoms with Crippen LogP contribution in [0.15, 0.2) is 48.5 Å². The van der Waals surface area contributed by atoms with E-state index >= 15 is 0 Å². The van der Waals surface area contributed by atoms with Gasteiger partial charge in [0, 0.05) is 23.1 Å². The van der Waals surface area contributed by atoms with Gasteiger partial charge in [-0.3, -0.25) is 9.10 Å². The molecular formula is C19H22ClFN2O3S2. The highest BCUT2D eigenvalue weighted by Gasteiger charge is 2.28. The Bertz CT molecular complexity index is 908. The Hall–Kier alpha value is -1.77. The summed E-state index contributed by atoms with van der Waals surface area (Å²) in [5, 5.41) is 3.45. The van der Waals surface area contributed by atoms with Crippen LogP contribution in [0.4, 0.5) is 10.1 Å². The summed E-state index contributed by atoms with van der Waals surface area (Å²) in [6.07, 6.45) is 1.01. The number of amides is 1. The third-order valence-corrected chi connectivity index (χ3v) is 6.55. The van der Waals surface area contributed by atoms with Crippen LogP contribution in [0.2, 0.25) is 5.02 Å². The molecule has 152 valence electrons. The van der Waals surface area contributed by atoms with E-state index in [0.717, 1.165) is 34.0 Å². The van der Waals surface area contributed by atoms with Crippen LogP contribution in [0.25, 0.3) is 0 Å². The summed E-state index contributed by atoms with van der Waals surface area (Å²) in [4.78, 5) is 12.4. The second kappa shape index (κ2) is 10.1. The van der Waals surface area contributed by atoms with Gasteiger partial charge in [0.1, 0.15) is 11.9 Å². The molecule has 2 aromatic rings. The Labute approximate surface area is 174 Å². The number of carbonyl (C=O) groups excluding carboxylic acids is 1. The van der Waals surface area contributed by atoms with E-state index in [1.807, 2.05) is 24.3 Å². The topological polar surface area (TPSA) is 66.5 Å². The number of thioether (sulfide) groups is 1. The molecule has 0 saturated heterocycles. The van der Waals surface area contributed by atoms with Crippen LogP contribution in [-0.2, 0) is 20.6 Å². The van der Waals surface area contributed by atoms with Gasteiger partial charge in [-0.25, -0.2) is 12.8 Å². The Morgan fingerprint density at radius 3 is 2.46 bits per heavy atom. The lowest BCUT2D eigenvalue weighted by Crippen LogP contribution is -2.48. The maximum Gasteiger partial charge on any atom is 0.243 e. The second-order valence-electron chi connectivity index (χ2n) is 6.15. The van der Waals surface area contributed by atoms with Crippen LogP contribution < -0.4 is 9.62 Å². The van der Waals surface area contributed by atoms with Crippen molar-refractivity contribution < 1.29 is 17.6 Å². The summed E-state index contributed by atoms with van der Waals surface area (Å²) in [6.45, 7) is 1.88. The fraction of sp³-hybridized carbons (Fsp3) is 0.316. The van der Waals surface area contributed by atoms with E-state index in [1.54, 1.807) is 11.8 Å². The number of hydrogen-bond acceptors (Lipinski definition) is 4. The van der Waals surface area contributed by atoms with Crippen LogP contribution in [-0.4, -0.2) is 38.9 Å². The zero-order chi connectivity index (χ0) is 20.7. The molecule has 0 radical (unpaired) electrons. The summed E-state index contributed by atoms with van der Waals surface area (Å²) < 4.78 is 38.4. The smallest absolute Gasteiger partial charge is 0.243 e. The number of carbonyl (C=O) groups is 1. The first kappa shape index (κ1) is 22.5. The number of halogens is 2. The molecule has 28 heavy (non-hydrogen) atoms. The van der Waals surface area contributed by atoms with E-state index in [-0.39, 0.29) is 5.69 Å². The van der Waals surface area contributed by atoms with Crippen molar-refractivity contribution in [2.45, 2.75) is 18.7 Å². The zero-order valence-corrected chi connectivity index (χ0v) is 18.0. The van der Waals surface area contributed by atoms with Crippen molar-refractivity contribution in [1.82, 2.24) is 5.32 Å². The predicted octanol–water partition coefficient (Wildman–Crippen LogP) is 3.68. The molecule has 0 spiro atoms. The zero-order valence-electron chi connectivity index (χ0n) is 15.6. The highest BCUT2D eigenvalue weighted by molar-refractivity contribution is 7.98. The molecule has 1 N–H and O–H groups in total. The molecule has 0 bridgehead atoms. The highest BCUT2D eigenvalue weighted by atomic mass is 35.5. The molecular weight excluding hydrogens is 423 g/mol. The maximum atomic E-state index is 13.1. The van der Waals surface area contributed by atoms with Gasteiger partial charge in [-0.1, -0.05) is 29.8 Å². The minimum atomic E-state index is -3.72. The molecule has 0 saturated carbocycles. The van der Waals surface area contributed by atoms with E-state index in [0.29, 0.717) is 17.3 Å². The fourth-order valence-electron chi connectivity index (χ4n) is 2.59. The Morgan fingerprint density at radius 1 is 1.21 bits per heavy atom. The Kier molecular flexibility index (Phi) is 8.15. The van der Waals surface area contributed by atoms with Crippen molar-refractivity contribution in [2.75, 3.05) is 22.9 Å². The summed E-state index contributed by atoms with van der Waals surface area (Å²) in [6, 6.07) is 11.6. The van der Waals surface area contributed by atoms with Gasteiger partial charge in [0.15, 0.2) is 0 Å². The fourth-order valence-corrected chi connectivity index (χ4v) is 4.91. The summed E-state index contributed by atoms with van der Waals surface area (Å²) >= 11 is 7.72. The molecule has 0 fully saturated rings. The number of nitrogens with zero attached hydrogens (tertiary/aromatic N) is 1. The molecule has 1 atom stereocenters. The quantitative estimate of drug-likeness (QED) is 0.599. The van der Waals surface area contributed by atoms with Crippen molar-refractivity contribution in [3.8, 4) is 0 Å². The highest BCUT2D eigenvalue weighted by Crippen LogP contribution is 2.22. The number of nitrogens with one attached hydrogen (secondary N) is 1. The molecule has 1 amide bonds. The van der Waals surface area contributed by atoms with Gasteiger partial charge in [0.2, 0.25) is 15.9 Å². The van der Waals surface area contributed by atoms with E-state index in [9.17, 15) is 17.6 Å². The van der Waals surface area contributed by atoms with E-state index in [4.69, 9.17) is 11.6 Å².